The van der Waals surface area contributed by atoms with Crippen LogP contribution in [0.15, 0.2) is 34.7 Å². The van der Waals surface area contributed by atoms with Gasteiger partial charge in [0, 0.05) is 12.6 Å². The minimum absolute atomic E-state index is 0.0939. The van der Waals surface area contributed by atoms with Crippen LogP contribution in [0.4, 0.5) is 0 Å². The van der Waals surface area contributed by atoms with E-state index in [2.05, 4.69) is 15.1 Å². The van der Waals surface area contributed by atoms with Crippen molar-refractivity contribution >= 4 is 5.91 Å². The molecular weight excluding hydrogens is 304 g/mol. The number of hydrogen-bond donors (Lipinski definition) is 0. The van der Waals surface area contributed by atoms with Crippen molar-refractivity contribution in [3.05, 3.63) is 36.2 Å². The Morgan fingerprint density at radius 2 is 1.83 bits per heavy atom. The lowest BCUT2D eigenvalue weighted by Crippen LogP contribution is -2.38. The molecule has 1 amide bonds. The Hall–Kier alpha value is -2.21. The van der Waals surface area contributed by atoms with Crippen molar-refractivity contribution in [2.75, 3.05) is 26.7 Å². The number of aromatic nitrogens is 2. The lowest BCUT2D eigenvalue weighted by molar-refractivity contribution is -0.131. The van der Waals surface area contributed by atoms with Crippen molar-refractivity contribution in [1.82, 2.24) is 20.0 Å². The molecule has 0 bridgehead atoms. The molecule has 1 aliphatic rings. The van der Waals surface area contributed by atoms with Crippen molar-refractivity contribution in [2.24, 2.45) is 0 Å². The SMILES string of the molecule is CN(Cc1nnc(-c2ccccc2)o1)C(=O)CN1CCCCCC1. The van der Waals surface area contributed by atoms with Gasteiger partial charge in [-0.1, -0.05) is 31.0 Å². The van der Waals surface area contributed by atoms with Gasteiger partial charge < -0.3 is 9.32 Å². The van der Waals surface area contributed by atoms with Crippen molar-refractivity contribution < 1.29 is 9.21 Å². The maximum Gasteiger partial charge on any atom is 0.247 e. The van der Waals surface area contributed by atoms with E-state index in [0.29, 0.717) is 24.9 Å². The van der Waals surface area contributed by atoms with Crippen molar-refractivity contribution in [3.63, 3.8) is 0 Å². The van der Waals surface area contributed by atoms with Crippen LogP contribution in [0.2, 0.25) is 0 Å². The second kappa shape index (κ2) is 8.06. The summed E-state index contributed by atoms with van der Waals surface area (Å²) in [5.41, 5.74) is 0.884. The van der Waals surface area contributed by atoms with Gasteiger partial charge in [0.15, 0.2) is 0 Å². The molecule has 0 unspecified atom stereocenters. The minimum Gasteiger partial charge on any atom is -0.419 e. The smallest absolute Gasteiger partial charge is 0.247 e. The van der Waals surface area contributed by atoms with Crippen LogP contribution >= 0.6 is 0 Å². The van der Waals surface area contributed by atoms with E-state index in [0.717, 1.165) is 18.7 Å². The van der Waals surface area contributed by atoms with Crippen LogP contribution in [0.3, 0.4) is 0 Å². The largest absolute Gasteiger partial charge is 0.419 e. The van der Waals surface area contributed by atoms with Gasteiger partial charge in [0.2, 0.25) is 17.7 Å². The summed E-state index contributed by atoms with van der Waals surface area (Å²) in [4.78, 5) is 16.3. The Balaban J connectivity index is 1.55. The molecule has 6 heteroatoms. The quantitative estimate of drug-likeness (QED) is 0.844. The molecule has 0 atom stereocenters. The number of likely N-dealkylation sites (N-methyl/N-ethyl adjacent to an activating group) is 1. The fraction of sp³-hybridized carbons (Fsp3) is 0.500. The molecule has 6 nitrogen and oxygen atoms in total. The monoisotopic (exact) mass is 328 g/mol. The summed E-state index contributed by atoms with van der Waals surface area (Å²) in [7, 11) is 1.78. The molecule has 1 aromatic carbocycles. The summed E-state index contributed by atoms with van der Waals surface area (Å²) < 4.78 is 5.67. The summed E-state index contributed by atoms with van der Waals surface area (Å²) in [5.74, 6) is 1.04. The third kappa shape index (κ3) is 4.41. The van der Waals surface area contributed by atoms with Crippen LogP contribution in [-0.4, -0.2) is 52.6 Å². The van der Waals surface area contributed by atoms with Crippen molar-refractivity contribution in [1.29, 1.82) is 0 Å². The summed E-state index contributed by atoms with van der Waals surface area (Å²) in [6.07, 6.45) is 4.90. The molecule has 0 radical (unpaired) electrons. The zero-order chi connectivity index (χ0) is 16.8. The topological polar surface area (TPSA) is 62.5 Å². The van der Waals surface area contributed by atoms with E-state index in [-0.39, 0.29) is 5.91 Å². The van der Waals surface area contributed by atoms with Gasteiger partial charge in [-0.3, -0.25) is 9.69 Å². The lowest BCUT2D eigenvalue weighted by atomic mass is 10.2. The Labute approximate surface area is 142 Å². The molecule has 0 aliphatic carbocycles. The average molecular weight is 328 g/mol. The fourth-order valence-electron chi connectivity index (χ4n) is 2.91. The van der Waals surface area contributed by atoms with E-state index in [1.807, 2.05) is 30.3 Å². The number of hydrogen-bond acceptors (Lipinski definition) is 5. The number of amides is 1. The molecule has 0 N–H and O–H groups in total. The molecule has 3 rings (SSSR count). The molecule has 2 aromatic rings. The molecule has 1 aromatic heterocycles. The second-order valence-electron chi connectivity index (χ2n) is 6.31. The highest BCUT2D eigenvalue weighted by molar-refractivity contribution is 5.77. The normalized spacial score (nSPS) is 15.9. The number of rotatable bonds is 5. The third-order valence-corrected chi connectivity index (χ3v) is 4.34. The van der Waals surface area contributed by atoms with E-state index in [1.165, 1.54) is 25.7 Å². The Kier molecular flexibility index (Phi) is 5.59. The number of benzene rings is 1. The van der Waals surface area contributed by atoms with Gasteiger partial charge in [-0.2, -0.15) is 0 Å². The Morgan fingerprint density at radius 3 is 2.54 bits per heavy atom. The van der Waals surface area contributed by atoms with Crippen LogP contribution < -0.4 is 0 Å². The maximum atomic E-state index is 12.4. The first-order chi connectivity index (χ1) is 11.7. The highest BCUT2D eigenvalue weighted by atomic mass is 16.4. The van der Waals surface area contributed by atoms with Crippen LogP contribution in [0.5, 0.6) is 0 Å². The molecular formula is C18H24N4O2. The number of carbonyl (C=O) groups excluding carboxylic acids is 1. The van der Waals surface area contributed by atoms with Crippen LogP contribution in [-0.2, 0) is 11.3 Å². The van der Waals surface area contributed by atoms with E-state index >= 15 is 0 Å². The third-order valence-electron chi connectivity index (χ3n) is 4.34. The molecule has 24 heavy (non-hydrogen) atoms. The first kappa shape index (κ1) is 16.6. The van der Waals surface area contributed by atoms with Gasteiger partial charge in [0.05, 0.1) is 13.1 Å². The summed E-state index contributed by atoms with van der Waals surface area (Å²) in [6.45, 7) is 2.83. The summed E-state index contributed by atoms with van der Waals surface area (Å²) in [5, 5.41) is 8.11. The van der Waals surface area contributed by atoms with E-state index in [1.54, 1.807) is 11.9 Å². The average Bonchev–Trinajstić information content (AvgIpc) is 2.91. The van der Waals surface area contributed by atoms with Gasteiger partial charge in [-0.25, -0.2) is 0 Å². The Bertz CT molecular complexity index is 648. The predicted molar refractivity (Wildman–Crippen MR) is 91.1 cm³/mol. The molecule has 0 spiro atoms. The second-order valence-corrected chi connectivity index (χ2v) is 6.31. The van der Waals surface area contributed by atoms with Crippen molar-refractivity contribution in [3.8, 4) is 11.5 Å². The Morgan fingerprint density at radius 1 is 1.12 bits per heavy atom. The van der Waals surface area contributed by atoms with Gasteiger partial charge in [0.25, 0.3) is 0 Å². The highest BCUT2D eigenvalue weighted by Crippen LogP contribution is 2.17. The maximum absolute atomic E-state index is 12.4. The molecule has 128 valence electrons. The lowest BCUT2D eigenvalue weighted by Gasteiger charge is -2.22. The number of likely N-dealkylation sites (tertiary alicyclic amines) is 1. The molecule has 1 saturated heterocycles. The van der Waals surface area contributed by atoms with E-state index < -0.39 is 0 Å². The predicted octanol–water partition coefficient (Wildman–Crippen LogP) is 2.57. The van der Waals surface area contributed by atoms with E-state index in [4.69, 9.17) is 4.42 Å². The summed E-state index contributed by atoms with van der Waals surface area (Å²) in [6, 6.07) is 9.64. The van der Waals surface area contributed by atoms with Gasteiger partial charge in [0.1, 0.15) is 0 Å². The molecule has 1 aliphatic heterocycles. The van der Waals surface area contributed by atoms with Crippen molar-refractivity contribution in [2.45, 2.75) is 32.2 Å². The fourth-order valence-corrected chi connectivity index (χ4v) is 2.91. The first-order valence-electron chi connectivity index (χ1n) is 8.56. The zero-order valence-corrected chi connectivity index (χ0v) is 14.1. The summed E-state index contributed by atoms with van der Waals surface area (Å²) >= 11 is 0. The minimum atomic E-state index is 0.0939. The first-order valence-corrected chi connectivity index (χ1v) is 8.56. The van der Waals surface area contributed by atoms with Crippen LogP contribution in [0, 0.1) is 0 Å². The van der Waals surface area contributed by atoms with Crippen LogP contribution in [0.25, 0.3) is 11.5 Å². The van der Waals surface area contributed by atoms with Gasteiger partial charge >= 0.3 is 0 Å². The standard InChI is InChI=1S/C18H24N4O2/c1-21(17(23)14-22-11-7-2-3-8-12-22)13-16-19-20-18(24-16)15-9-5-4-6-10-15/h4-6,9-10H,2-3,7-8,11-14H2,1H3. The number of carbonyl (C=O) groups is 1. The molecule has 0 saturated carbocycles. The highest BCUT2D eigenvalue weighted by Gasteiger charge is 2.18. The van der Waals surface area contributed by atoms with Gasteiger partial charge in [-0.05, 0) is 38.1 Å². The van der Waals surface area contributed by atoms with E-state index in [9.17, 15) is 4.79 Å². The zero-order valence-electron chi connectivity index (χ0n) is 14.1. The molecule has 1 fully saturated rings. The molecule has 2 heterocycles. The van der Waals surface area contributed by atoms with Crippen LogP contribution in [0.1, 0.15) is 31.6 Å². The van der Waals surface area contributed by atoms with Gasteiger partial charge in [-0.15, -0.1) is 10.2 Å². The number of nitrogens with zero attached hydrogens (tertiary/aromatic N) is 4.